The van der Waals surface area contributed by atoms with Gasteiger partial charge in [0.2, 0.25) is 5.91 Å². The Balaban J connectivity index is 1.57. The molecule has 0 saturated heterocycles. The first-order chi connectivity index (χ1) is 10.7. The highest BCUT2D eigenvalue weighted by Crippen LogP contribution is 2.17. The van der Waals surface area contributed by atoms with Crippen molar-refractivity contribution in [2.75, 3.05) is 0 Å². The van der Waals surface area contributed by atoms with Crippen LogP contribution < -0.4 is 5.32 Å². The molecule has 1 amide bonds. The van der Waals surface area contributed by atoms with Crippen molar-refractivity contribution < 1.29 is 4.79 Å². The quantitative estimate of drug-likeness (QED) is 0.786. The molecule has 2 heterocycles. The number of pyridine rings is 1. The van der Waals surface area contributed by atoms with Crippen molar-refractivity contribution in [1.29, 1.82) is 0 Å². The molecule has 0 radical (unpaired) electrons. The highest BCUT2D eigenvalue weighted by molar-refractivity contribution is 5.82. The standard InChI is InChI=1S/C17H18N4O/c1-13-3-2-4-16-15(13)12-20-21(16)10-7-17(22)19-11-14-5-8-18-9-6-14/h2-6,8-9,12H,7,10-11H2,1H3,(H,19,22). The summed E-state index contributed by atoms with van der Waals surface area (Å²) in [5.74, 6) is 0.0214. The van der Waals surface area contributed by atoms with E-state index in [-0.39, 0.29) is 5.91 Å². The van der Waals surface area contributed by atoms with E-state index in [1.165, 1.54) is 5.56 Å². The molecule has 5 nitrogen and oxygen atoms in total. The molecule has 0 atom stereocenters. The number of nitrogens with one attached hydrogen (secondary N) is 1. The van der Waals surface area contributed by atoms with Crippen molar-refractivity contribution in [1.82, 2.24) is 20.1 Å². The third-order valence-corrected chi connectivity index (χ3v) is 3.70. The van der Waals surface area contributed by atoms with Crippen LogP contribution in [0.5, 0.6) is 0 Å². The Labute approximate surface area is 129 Å². The average molecular weight is 294 g/mol. The Morgan fingerprint density at radius 3 is 2.86 bits per heavy atom. The number of hydrogen-bond donors (Lipinski definition) is 1. The summed E-state index contributed by atoms with van der Waals surface area (Å²) in [4.78, 5) is 15.9. The molecule has 3 aromatic rings. The molecule has 0 aliphatic carbocycles. The maximum atomic E-state index is 11.9. The van der Waals surface area contributed by atoms with Crippen molar-refractivity contribution in [2.24, 2.45) is 0 Å². The molecule has 0 bridgehead atoms. The zero-order valence-corrected chi connectivity index (χ0v) is 12.5. The molecule has 112 valence electrons. The third-order valence-electron chi connectivity index (χ3n) is 3.70. The van der Waals surface area contributed by atoms with Crippen LogP contribution in [0.25, 0.3) is 10.9 Å². The summed E-state index contributed by atoms with van der Waals surface area (Å²) in [6.45, 7) is 3.17. The van der Waals surface area contributed by atoms with Crippen molar-refractivity contribution in [3.8, 4) is 0 Å². The fourth-order valence-electron chi connectivity index (χ4n) is 2.42. The monoisotopic (exact) mass is 294 g/mol. The number of fused-ring (bicyclic) bond motifs is 1. The van der Waals surface area contributed by atoms with Crippen molar-refractivity contribution >= 4 is 16.8 Å². The van der Waals surface area contributed by atoms with E-state index in [1.54, 1.807) is 12.4 Å². The smallest absolute Gasteiger partial charge is 0.222 e. The van der Waals surface area contributed by atoms with Crippen molar-refractivity contribution in [3.05, 3.63) is 60.0 Å². The Morgan fingerprint density at radius 2 is 2.05 bits per heavy atom. The maximum absolute atomic E-state index is 11.9. The first kappa shape index (κ1) is 14.3. The van der Waals surface area contributed by atoms with Crippen LogP contribution in [0.4, 0.5) is 0 Å². The Kier molecular flexibility index (Phi) is 4.14. The molecule has 1 N–H and O–H groups in total. The highest BCUT2D eigenvalue weighted by Gasteiger charge is 2.07. The summed E-state index contributed by atoms with van der Waals surface area (Å²) in [5, 5.41) is 8.43. The highest BCUT2D eigenvalue weighted by atomic mass is 16.1. The van der Waals surface area contributed by atoms with E-state index in [2.05, 4.69) is 28.4 Å². The van der Waals surface area contributed by atoms with E-state index in [1.807, 2.05) is 35.1 Å². The fourth-order valence-corrected chi connectivity index (χ4v) is 2.42. The van der Waals surface area contributed by atoms with Crippen molar-refractivity contribution in [3.63, 3.8) is 0 Å². The number of hydrogen-bond acceptors (Lipinski definition) is 3. The van der Waals surface area contributed by atoms with Crippen LogP contribution in [-0.4, -0.2) is 20.7 Å². The molecule has 1 aromatic carbocycles. The van der Waals surface area contributed by atoms with Gasteiger partial charge >= 0.3 is 0 Å². The predicted molar refractivity (Wildman–Crippen MR) is 85.2 cm³/mol. The van der Waals surface area contributed by atoms with Crippen molar-refractivity contribution in [2.45, 2.75) is 26.4 Å². The number of carbonyl (C=O) groups is 1. The van der Waals surface area contributed by atoms with E-state index in [0.29, 0.717) is 19.5 Å². The fraction of sp³-hybridized carbons (Fsp3) is 0.235. The largest absolute Gasteiger partial charge is 0.352 e. The number of benzene rings is 1. The summed E-state index contributed by atoms with van der Waals surface area (Å²) in [5.41, 5.74) is 3.32. The molecule has 0 fully saturated rings. The number of nitrogens with zero attached hydrogens (tertiary/aromatic N) is 3. The molecule has 2 aromatic heterocycles. The molecule has 3 rings (SSSR count). The summed E-state index contributed by atoms with van der Waals surface area (Å²) in [6.07, 6.45) is 5.72. The van der Waals surface area contributed by atoms with Gasteiger partial charge in [-0.25, -0.2) is 0 Å². The summed E-state index contributed by atoms with van der Waals surface area (Å²) >= 11 is 0. The van der Waals surface area contributed by atoms with Gasteiger partial charge in [-0.2, -0.15) is 5.10 Å². The molecule has 0 spiro atoms. The minimum Gasteiger partial charge on any atom is -0.352 e. The lowest BCUT2D eigenvalue weighted by atomic mass is 10.1. The number of amides is 1. The molecule has 0 aliphatic rings. The first-order valence-corrected chi connectivity index (χ1v) is 7.31. The van der Waals surface area contributed by atoms with Crippen LogP contribution >= 0.6 is 0 Å². The minimum absolute atomic E-state index is 0.0214. The molecule has 0 unspecified atom stereocenters. The lowest BCUT2D eigenvalue weighted by Crippen LogP contribution is -2.24. The van der Waals surface area contributed by atoms with Crippen LogP contribution in [0.15, 0.2) is 48.9 Å². The SMILES string of the molecule is Cc1cccc2c1cnn2CCC(=O)NCc1ccncc1. The van der Waals surface area contributed by atoms with Gasteiger partial charge in [-0.3, -0.25) is 14.5 Å². The van der Waals surface area contributed by atoms with E-state index in [9.17, 15) is 4.79 Å². The van der Waals surface area contributed by atoms with E-state index >= 15 is 0 Å². The zero-order chi connectivity index (χ0) is 15.4. The van der Waals surface area contributed by atoms with Gasteiger partial charge in [-0.05, 0) is 36.2 Å². The molecule has 0 saturated carbocycles. The summed E-state index contributed by atoms with van der Waals surface area (Å²) < 4.78 is 1.88. The Hall–Kier alpha value is -2.69. The van der Waals surface area contributed by atoms with E-state index in [4.69, 9.17) is 0 Å². The summed E-state index contributed by atoms with van der Waals surface area (Å²) in [6, 6.07) is 9.90. The maximum Gasteiger partial charge on any atom is 0.222 e. The molecular weight excluding hydrogens is 276 g/mol. The number of rotatable bonds is 5. The minimum atomic E-state index is 0.0214. The lowest BCUT2D eigenvalue weighted by Gasteiger charge is -2.06. The van der Waals surface area contributed by atoms with Gasteiger partial charge in [0.25, 0.3) is 0 Å². The van der Waals surface area contributed by atoms with E-state index in [0.717, 1.165) is 16.5 Å². The Bertz CT molecular complexity index is 780. The summed E-state index contributed by atoms with van der Waals surface area (Å²) in [7, 11) is 0. The van der Waals surface area contributed by atoms with Gasteiger partial charge in [0.05, 0.1) is 18.3 Å². The second-order valence-electron chi connectivity index (χ2n) is 5.26. The first-order valence-electron chi connectivity index (χ1n) is 7.31. The van der Waals surface area contributed by atoms with Gasteiger partial charge in [0.1, 0.15) is 0 Å². The molecule has 5 heteroatoms. The lowest BCUT2D eigenvalue weighted by molar-refractivity contribution is -0.121. The van der Waals surface area contributed by atoms with Gasteiger partial charge in [0, 0.05) is 30.7 Å². The van der Waals surface area contributed by atoms with Crippen LogP contribution in [-0.2, 0) is 17.9 Å². The molecule has 0 aliphatic heterocycles. The van der Waals surface area contributed by atoms with Crippen LogP contribution in [0.1, 0.15) is 17.5 Å². The zero-order valence-electron chi connectivity index (χ0n) is 12.5. The number of carbonyl (C=O) groups excluding carboxylic acids is 1. The third kappa shape index (κ3) is 3.14. The second kappa shape index (κ2) is 6.39. The normalized spacial score (nSPS) is 10.8. The molecular formula is C17H18N4O. The Morgan fingerprint density at radius 1 is 1.23 bits per heavy atom. The second-order valence-corrected chi connectivity index (χ2v) is 5.26. The van der Waals surface area contributed by atoms with Gasteiger partial charge < -0.3 is 5.32 Å². The van der Waals surface area contributed by atoms with Crippen LogP contribution in [0.2, 0.25) is 0 Å². The van der Waals surface area contributed by atoms with Crippen LogP contribution in [0.3, 0.4) is 0 Å². The van der Waals surface area contributed by atoms with Gasteiger partial charge in [-0.15, -0.1) is 0 Å². The van der Waals surface area contributed by atoms with E-state index < -0.39 is 0 Å². The number of aryl methyl sites for hydroxylation is 2. The topological polar surface area (TPSA) is 59.8 Å². The number of aromatic nitrogens is 3. The predicted octanol–water partition coefficient (Wildman–Crippen LogP) is 2.45. The molecule has 22 heavy (non-hydrogen) atoms. The van der Waals surface area contributed by atoms with Gasteiger partial charge in [0.15, 0.2) is 0 Å². The average Bonchev–Trinajstić information content (AvgIpc) is 2.96. The van der Waals surface area contributed by atoms with Crippen LogP contribution in [0, 0.1) is 6.92 Å². The van der Waals surface area contributed by atoms with Gasteiger partial charge in [-0.1, -0.05) is 12.1 Å².